The van der Waals surface area contributed by atoms with Crippen LogP contribution in [0, 0.1) is 0 Å². The minimum absolute atomic E-state index is 0.182. The lowest BCUT2D eigenvalue weighted by Gasteiger charge is -2.30. The molecule has 6 nitrogen and oxygen atoms in total. The zero-order valence-corrected chi connectivity index (χ0v) is 21.1. The van der Waals surface area contributed by atoms with Gasteiger partial charge in [0.1, 0.15) is 23.5 Å². The molecular formula is C30H33N3O3. The summed E-state index contributed by atoms with van der Waals surface area (Å²) in [6, 6.07) is 24.2. The lowest BCUT2D eigenvalue weighted by atomic mass is 9.95. The summed E-state index contributed by atoms with van der Waals surface area (Å²) in [6.07, 6.45) is 4.96. The van der Waals surface area contributed by atoms with Gasteiger partial charge in [-0.1, -0.05) is 66.7 Å². The third-order valence-electron chi connectivity index (χ3n) is 5.95. The topological polar surface area (TPSA) is 71.5 Å². The van der Waals surface area contributed by atoms with Crippen molar-refractivity contribution < 1.29 is 14.3 Å². The molecule has 0 unspecified atom stereocenters. The van der Waals surface area contributed by atoms with E-state index in [9.17, 15) is 9.59 Å². The van der Waals surface area contributed by atoms with E-state index in [1.165, 1.54) is 0 Å². The molecule has 0 spiro atoms. The van der Waals surface area contributed by atoms with Crippen LogP contribution in [0.3, 0.4) is 0 Å². The van der Waals surface area contributed by atoms with E-state index < -0.39 is 17.7 Å². The van der Waals surface area contributed by atoms with Gasteiger partial charge in [-0.05, 0) is 68.5 Å². The molecule has 0 bridgehead atoms. The Morgan fingerprint density at radius 3 is 2.14 bits per heavy atom. The van der Waals surface area contributed by atoms with Gasteiger partial charge in [0.15, 0.2) is 0 Å². The Morgan fingerprint density at radius 1 is 0.972 bits per heavy atom. The average molecular weight is 484 g/mol. The second-order valence-corrected chi connectivity index (χ2v) is 9.87. The van der Waals surface area contributed by atoms with E-state index in [1.54, 1.807) is 11.1 Å². The number of amides is 1. The summed E-state index contributed by atoms with van der Waals surface area (Å²) in [5, 5.41) is 3.30. The Hall–Kier alpha value is -3.93. The molecule has 1 saturated heterocycles. The molecule has 2 atom stereocenters. The maximum Gasteiger partial charge on any atom is 0.329 e. The number of likely N-dealkylation sites (tertiary alicyclic amines) is 1. The van der Waals surface area contributed by atoms with Crippen molar-refractivity contribution in [2.24, 2.45) is 0 Å². The summed E-state index contributed by atoms with van der Waals surface area (Å²) in [5.41, 5.74) is 2.29. The number of aromatic nitrogens is 1. The van der Waals surface area contributed by atoms with Gasteiger partial charge < -0.3 is 15.0 Å². The first-order valence-corrected chi connectivity index (χ1v) is 12.4. The lowest BCUT2D eigenvalue weighted by Crippen LogP contribution is -2.49. The van der Waals surface area contributed by atoms with Crippen LogP contribution in [0.4, 0.5) is 5.82 Å². The van der Waals surface area contributed by atoms with Crippen molar-refractivity contribution in [1.82, 2.24) is 9.88 Å². The minimum Gasteiger partial charge on any atom is -0.458 e. The SMILES string of the molecule is CC(C)(C)OC(=O)[C@@H]1CCCN1C(=O)[C@H](C=C(c1ccccc1)c1ccccc1)Nc1ccccn1. The third kappa shape index (κ3) is 6.39. The molecule has 3 aromatic rings. The molecule has 36 heavy (non-hydrogen) atoms. The Bertz CT molecular complexity index is 1150. The van der Waals surface area contributed by atoms with Gasteiger partial charge in [0.05, 0.1) is 0 Å². The number of hydrogen-bond acceptors (Lipinski definition) is 5. The highest BCUT2D eigenvalue weighted by molar-refractivity contribution is 5.94. The predicted molar refractivity (Wildman–Crippen MR) is 142 cm³/mol. The van der Waals surface area contributed by atoms with Crippen LogP contribution < -0.4 is 5.32 Å². The Kier molecular flexibility index (Phi) is 7.84. The van der Waals surface area contributed by atoms with Crippen LogP contribution in [-0.2, 0) is 14.3 Å². The third-order valence-corrected chi connectivity index (χ3v) is 5.95. The fourth-order valence-electron chi connectivity index (χ4n) is 4.37. The first-order valence-electron chi connectivity index (χ1n) is 12.4. The molecule has 4 rings (SSSR count). The van der Waals surface area contributed by atoms with Gasteiger partial charge in [-0.25, -0.2) is 9.78 Å². The first kappa shape index (κ1) is 25.2. The Labute approximate surface area is 213 Å². The van der Waals surface area contributed by atoms with Gasteiger partial charge in [-0.2, -0.15) is 0 Å². The normalized spacial score (nSPS) is 16.2. The molecule has 1 aromatic heterocycles. The van der Waals surface area contributed by atoms with E-state index in [4.69, 9.17) is 4.74 Å². The minimum atomic E-state index is -0.738. The molecule has 0 saturated carbocycles. The smallest absolute Gasteiger partial charge is 0.329 e. The maximum absolute atomic E-state index is 14.0. The molecule has 1 fully saturated rings. The van der Waals surface area contributed by atoms with Crippen molar-refractivity contribution in [3.63, 3.8) is 0 Å². The molecular weight excluding hydrogens is 450 g/mol. The Morgan fingerprint density at radius 2 is 1.58 bits per heavy atom. The van der Waals surface area contributed by atoms with Crippen molar-refractivity contribution in [1.29, 1.82) is 0 Å². The number of nitrogens with one attached hydrogen (secondary N) is 1. The summed E-state index contributed by atoms with van der Waals surface area (Å²) in [5.74, 6) is 0.0409. The van der Waals surface area contributed by atoms with Gasteiger partial charge in [0.25, 0.3) is 0 Å². The standard InChI is InChI=1S/C30H33N3O3/c1-30(2,3)36-29(35)26-17-12-20-33(26)28(34)25(32-27-18-10-11-19-31-27)21-24(22-13-6-4-7-14-22)23-15-8-5-9-16-23/h4-11,13-16,18-19,21,25-26H,12,17,20H2,1-3H3,(H,31,32)/t25-,26-/m0/s1. The zero-order valence-electron chi connectivity index (χ0n) is 21.1. The van der Waals surface area contributed by atoms with Gasteiger partial charge in [-0.15, -0.1) is 0 Å². The van der Waals surface area contributed by atoms with Crippen LogP contribution in [-0.4, -0.2) is 46.0 Å². The van der Waals surface area contributed by atoms with Crippen molar-refractivity contribution in [2.75, 3.05) is 11.9 Å². The fraction of sp³-hybridized carbons (Fsp3) is 0.300. The molecule has 2 heterocycles. The van der Waals surface area contributed by atoms with E-state index in [2.05, 4.69) is 10.3 Å². The van der Waals surface area contributed by atoms with Crippen LogP contribution >= 0.6 is 0 Å². The average Bonchev–Trinajstić information content (AvgIpc) is 3.37. The quantitative estimate of drug-likeness (QED) is 0.460. The number of nitrogens with zero attached hydrogens (tertiary/aromatic N) is 2. The van der Waals surface area contributed by atoms with Crippen molar-refractivity contribution in [2.45, 2.75) is 51.3 Å². The van der Waals surface area contributed by atoms with Gasteiger partial charge in [-0.3, -0.25) is 4.79 Å². The van der Waals surface area contributed by atoms with E-state index in [0.717, 1.165) is 23.1 Å². The van der Waals surface area contributed by atoms with Crippen LogP contribution in [0.25, 0.3) is 5.57 Å². The number of rotatable bonds is 7. The number of carbonyl (C=O) groups excluding carboxylic acids is 2. The largest absolute Gasteiger partial charge is 0.458 e. The number of ether oxygens (including phenoxy) is 1. The van der Waals surface area contributed by atoms with Crippen LogP contribution in [0.2, 0.25) is 0 Å². The van der Waals surface area contributed by atoms with E-state index in [-0.39, 0.29) is 11.9 Å². The van der Waals surface area contributed by atoms with Gasteiger partial charge >= 0.3 is 5.97 Å². The van der Waals surface area contributed by atoms with Crippen LogP contribution in [0.5, 0.6) is 0 Å². The summed E-state index contributed by atoms with van der Waals surface area (Å²) in [7, 11) is 0. The fourth-order valence-corrected chi connectivity index (χ4v) is 4.37. The molecule has 0 radical (unpaired) electrons. The molecule has 6 heteroatoms. The lowest BCUT2D eigenvalue weighted by molar-refractivity contribution is -0.163. The van der Waals surface area contributed by atoms with Gasteiger partial charge in [0.2, 0.25) is 5.91 Å². The summed E-state index contributed by atoms with van der Waals surface area (Å²) < 4.78 is 5.64. The van der Waals surface area contributed by atoms with Crippen molar-refractivity contribution in [3.05, 3.63) is 102 Å². The Balaban J connectivity index is 1.73. The molecule has 186 valence electrons. The first-order chi connectivity index (χ1) is 17.3. The van der Waals surface area contributed by atoms with Crippen molar-refractivity contribution in [3.8, 4) is 0 Å². The number of esters is 1. The van der Waals surface area contributed by atoms with Gasteiger partial charge in [0, 0.05) is 12.7 Å². The second-order valence-electron chi connectivity index (χ2n) is 9.87. The monoisotopic (exact) mass is 483 g/mol. The molecule has 2 aromatic carbocycles. The molecule has 1 aliphatic heterocycles. The number of anilines is 1. The highest BCUT2D eigenvalue weighted by Crippen LogP contribution is 2.27. The number of pyridine rings is 1. The van der Waals surface area contributed by atoms with Crippen molar-refractivity contribution >= 4 is 23.3 Å². The van der Waals surface area contributed by atoms with Crippen LogP contribution in [0.15, 0.2) is 91.1 Å². The van der Waals surface area contributed by atoms with E-state index in [1.807, 2.05) is 106 Å². The number of hydrogen-bond donors (Lipinski definition) is 1. The summed E-state index contributed by atoms with van der Waals surface area (Å²) >= 11 is 0. The van der Waals surface area contributed by atoms with Crippen LogP contribution in [0.1, 0.15) is 44.7 Å². The zero-order chi connectivity index (χ0) is 25.5. The molecule has 1 amide bonds. The highest BCUT2D eigenvalue weighted by atomic mass is 16.6. The molecule has 0 aliphatic carbocycles. The molecule has 1 aliphatic rings. The second kappa shape index (κ2) is 11.2. The number of benzene rings is 2. The van der Waals surface area contributed by atoms with E-state index >= 15 is 0 Å². The molecule has 1 N–H and O–H groups in total. The predicted octanol–water partition coefficient (Wildman–Crippen LogP) is 5.33. The number of carbonyl (C=O) groups is 2. The van der Waals surface area contributed by atoms with E-state index in [0.29, 0.717) is 18.8 Å². The highest BCUT2D eigenvalue weighted by Gasteiger charge is 2.39. The summed E-state index contributed by atoms with van der Waals surface area (Å²) in [4.78, 5) is 33.0. The maximum atomic E-state index is 14.0. The summed E-state index contributed by atoms with van der Waals surface area (Å²) in [6.45, 7) is 6.02.